The van der Waals surface area contributed by atoms with Crippen LogP contribution in [-0.4, -0.2) is 67.0 Å². The van der Waals surface area contributed by atoms with Crippen LogP contribution in [0.5, 0.6) is 5.88 Å². The second kappa shape index (κ2) is 12.0. The van der Waals surface area contributed by atoms with Gasteiger partial charge in [0.25, 0.3) is 5.91 Å². The maximum absolute atomic E-state index is 13.4. The highest BCUT2D eigenvalue weighted by Gasteiger charge is 2.37. The summed E-state index contributed by atoms with van der Waals surface area (Å²) in [6, 6.07) is 7.46. The third-order valence-electron chi connectivity index (χ3n) is 7.85. The fourth-order valence-electron chi connectivity index (χ4n) is 5.76. The maximum Gasteiger partial charge on any atom is 0.308 e. The molecule has 1 aromatic heterocycles. The lowest BCUT2D eigenvalue weighted by atomic mass is 9.85. The lowest BCUT2D eigenvalue weighted by Gasteiger charge is -2.35. The Morgan fingerprint density at radius 3 is 2.53 bits per heavy atom. The molecule has 5 rings (SSSR count). The van der Waals surface area contributed by atoms with E-state index in [1.807, 2.05) is 12.3 Å². The first-order chi connectivity index (χ1) is 18.5. The lowest BCUT2D eigenvalue weighted by molar-refractivity contribution is -0.146. The van der Waals surface area contributed by atoms with Gasteiger partial charge in [0.1, 0.15) is 18.3 Å². The van der Waals surface area contributed by atoms with E-state index in [0.29, 0.717) is 43.1 Å². The molecule has 3 heterocycles. The van der Waals surface area contributed by atoms with Gasteiger partial charge in [-0.3, -0.25) is 14.5 Å². The fourth-order valence-corrected chi connectivity index (χ4v) is 5.76. The van der Waals surface area contributed by atoms with Crippen LogP contribution in [-0.2, 0) is 16.0 Å². The minimum atomic E-state index is -0.410. The number of benzene rings is 1. The van der Waals surface area contributed by atoms with E-state index < -0.39 is 11.7 Å². The molecule has 38 heavy (non-hydrogen) atoms. The first kappa shape index (κ1) is 26.3. The van der Waals surface area contributed by atoms with Crippen molar-refractivity contribution < 1.29 is 23.5 Å². The first-order valence-corrected chi connectivity index (χ1v) is 13.6. The van der Waals surface area contributed by atoms with Crippen LogP contribution >= 0.6 is 0 Å². The maximum atomic E-state index is 13.4. The molecule has 202 valence electrons. The van der Waals surface area contributed by atoms with Gasteiger partial charge in [0.2, 0.25) is 5.88 Å². The second-order valence-electron chi connectivity index (χ2n) is 10.3. The molecule has 2 aliphatic heterocycles. The number of hydrogen-bond acceptors (Lipinski definition) is 6. The summed E-state index contributed by atoms with van der Waals surface area (Å²) >= 11 is 0. The first-order valence-electron chi connectivity index (χ1n) is 13.6. The highest BCUT2D eigenvalue weighted by atomic mass is 19.1. The molecule has 0 spiro atoms. The number of piperidine rings is 1. The van der Waals surface area contributed by atoms with Gasteiger partial charge >= 0.3 is 5.97 Å². The molecule has 1 aromatic carbocycles. The van der Waals surface area contributed by atoms with Crippen molar-refractivity contribution in [3.05, 3.63) is 53.5 Å². The normalized spacial score (nSPS) is 22.8. The number of aliphatic imine (C=N–C) groups is 1. The van der Waals surface area contributed by atoms with Gasteiger partial charge in [-0.1, -0.05) is 6.42 Å². The van der Waals surface area contributed by atoms with Crippen molar-refractivity contribution in [1.29, 1.82) is 0 Å². The Morgan fingerprint density at radius 1 is 1.08 bits per heavy atom. The molecule has 0 atom stereocenters. The van der Waals surface area contributed by atoms with Crippen molar-refractivity contribution in [2.45, 2.75) is 57.4 Å². The molecular weight excluding hydrogens is 487 g/mol. The van der Waals surface area contributed by atoms with E-state index in [-0.39, 0.29) is 17.9 Å². The highest BCUT2D eigenvalue weighted by molar-refractivity contribution is 6.12. The number of likely N-dealkylation sites (tertiary alicyclic amines) is 1. The van der Waals surface area contributed by atoms with Crippen LogP contribution in [0.3, 0.4) is 0 Å². The van der Waals surface area contributed by atoms with Gasteiger partial charge in [0.05, 0.1) is 18.7 Å². The molecule has 1 amide bonds. The van der Waals surface area contributed by atoms with Gasteiger partial charge in [0, 0.05) is 42.4 Å². The molecule has 3 aliphatic rings. The number of fused-ring (bicyclic) bond motifs is 1. The summed E-state index contributed by atoms with van der Waals surface area (Å²) in [6.45, 7) is 3.68. The van der Waals surface area contributed by atoms with Crippen LogP contribution in [0.2, 0.25) is 0 Å². The van der Waals surface area contributed by atoms with E-state index in [1.54, 1.807) is 0 Å². The van der Waals surface area contributed by atoms with Crippen LogP contribution in [0.4, 0.5) is 10.1 Å². The molecule has 0 bridgehead atoms. The quantitative estimate of drug-likeness (QED) is 0.498. The Morgan fingerprint density at radius 2 is 1.82 bits per heavy atom. The molecule has 2 fully saturated rings. The van der Waals surface area contributed by atoms with Crippen molar-refractivity contribution in [2.75, 3.05) is 38.3 Å². The number of ether oxygens (including phenoxy) is 2. The van der Waals surface area contributed by atoms with E-state index in [4.69, 9.17) is 9.47 Å². The summed E-state index contributed by atoms with van der Waals surface area (Å²) in [4.78, 5) is 38.6. The number of carbonyl (C=O) groups is 2. The van der Waals surface area contributed by atoms with Crippen LogP contribution in [0.1, 0.15) is 60.9 Å². The third-order valence-corrected chi connectivity index (χ3v) is 7.85. The molecule has 1 saturated carbocycles. The van der Waals surface area contributed by atoms with Crippen molar-refractivity contribution in [3.8, 4) is 5.88 Å². The van der Waals surface area contributed by atoms with Gasteiger partial charge in [-0.05, 0) is 75.9 Å². The van der Waals surface area contributed by atoms with Crippen molar-refractivity contribution in [2.24, 2.45) is 10.9 Å². The SMILES string of the molecule is COC(=O)C1CCC(N2C(=NC(=O)c3ccc(F)cc3)Cc3cnc(OCCN4CCCCC4)cc32)CC1. The predicted octanol–water partition coefficient (Wildman–Crippen LogP) is 4.42. The standard InChI is InChI=1S/C29H35FN4O4/c1-37-29(36)21-7-11-24(12-8-21)34-25-18-27(38-16-15-33-13-3-2-4-14-33)31-19-22(25)17-26(34)32-28(35)20-5-9-23(30)10-6-20/h5-6,9-10,18-19,21,24H,2-4,7-8,11-17H2,1H3. The predicted molar refractivity (Wildman–Crippen MR) is 142 cm³/mol. The van der Waals surface area contributed by atoms with E-state index in [2.05, 4.69) is 19.8 Å². The van der Waals surface area contributed by atoms with E-state index in [9.17, 15) is 14.0 Å². The number of halogens is 1. The molecule has 0 N–H and O–H groups in total. The van der Waals surface area contributed by atoms with Crippen molar-refractivity contribution >= 4 is 23.4 Å². The molecule has 8 nitrogen and oxygen atoms in total. The largest absolute Gasteiger partial charge is 0.476 e. The molecule has 1 aliphatic carbocycles. The average molecular weight is 523 g/mol. The monoisotopic (exact) mass is 522 g/mol. The third kappa shape index (κ3) is 6.04. The smallest absolute Gasteiger partial charge is 0.308 e. The minimum absolute atomic E-state index is 0.0838. The average Bonchev–Trinajstić information content (AvgIpc) is 3.30. The summed E-state index contributed by atoms with van der Waals surface area (Å²) in [5.74, 6) is 0.116. The number of amides is 1. The topological polar surface area (TPSA) is 84.3 Å². The van der Waals surface area contributed by atoms with E-state index >= 15 is 0 Å². The number of anilines is 1. The lowest BCUT2D eigenvalue weighted by Crippen LogP contribution is -2.41. The van der Waals surface area contributed by atoms with E-state index in [0.717, 1.165) is 43.7 Å². The molecule has 2 aromatic rings. The number of methoxy groups -OCH3 is 1. The van der Waals surface area contributed by atoms with Gasteiger partial charge in [-0.15, -0.1) is 0 Å². The van der Waals surface area contributed by atoms with Crippen LogP contribution < -0.4 is 9.64 Å². The second-order valence-corrected chi connectivity index (χ2v) is 10.3. The number of nitrogens with zero attached hydrogens (tertiary/aromatic N) is 4. The van der Waals surface area contributed by atoms with Gasteiger partial charge in [0.15, 0.2) is 0 Å². The number of esters is 1. The Balaban J connectivity index is 1.35. The van der Waals surface area contributed by atoms with Crippen molar-refractivity contribution in [1.82, 2.24) is 9.88 Å². The van der Waals surface area contributed by atoms with Crippen LogP contribution in [0.25, 0.3) is 0 Å². The molecule has 9 heteroatoms. The molecule has 0 radical (unpaired) electrons. The highest BCUT2D eigenvalue weighted by Crippen LogP contribution is 2.38. The van der Waals surface area contributed by atoms with Crippen LogP contribution in [0, 0.1) is 11.7 Å². The molecule has 1 saturated heterocycles. The summed E-state index contributed by atoms with van der Waals surface area (Å²) in [7, 11) is 1.43. The Labute approximate surface area is 222 Å². The zero-order chi connectivity index (χ0) is 26.5. The van der Waals surface area contributed by atoms with Crippen molar-refractivity contribution in [3.63, 3.8) is 0 Å². The number of aromatic nitrogens is 1. The number of amidine groups is 1. The zero-order valence-electron chi connectivity index (χ0n) is 21.9. The van der Waals surface area contributed by atoms with Gasteiger partial charge < -0.3 is 14.4 Å². The molecular formula is C29H35FN4O4. The Hall–Kier alpha value is -3.33. The van der Waals surface area contributed by atoms with Gasteiger partial charge in [-0.25, -0.2) is 9.37 Å². The minimum Gasteiger partial charge on any atom is -0.476 e. The number of carbonyl (C=O) groups excluding carboxylic acids is 2. The summed E-state index contributed by atoms with van der Waals surface area (Å²) in [6.07, 6.45) is 9.04. The van der Waals surface area contributed by atoms with E-state index in [1.165, 1.54) is 50.6 Å². The molecule has 0 unspecified atom stereocenters. The summed E-state index contributed by atoms with van der Waals surface area (Å²) in [5.41, 5.74) is 2.26. The number of rotatable bonds is 7. The number of hydrogen-bond donors (Lipinski definition) is 0. The summed E-state index contributed by atoms with van der Waals surface area (Å²) in [5, 5.41) is 0. The Bertz CT molecular complexity index is 1170. The zero-order valence-corrected chi connectivity index (χ0v) is 21.9. The summed E-state index contributed by atoms with van der Waals surface area (Å²) < 4.78 is 24.4. The number of pyridine rings is 1. The fraction of sp³-hybridized carbons (Fsp3) is 0.517. The van der Waals surface area contributed by atoms with Crippen LogP contribution in [0.15, 0.2) is 41.5 Å². The Kier molecular flexibility index (Phi) is 8.32. The van der Waals surface area contributed by atoms with Gasteiger partial charge in [-0.2, -0.15) is 4.99 Å².